The SMILES string of the molecule is C=C(F)C(=O)N1CCN(c2nc(OC[C@@]34CCCN3C[C@H](F)C4)nc3c(F)c(-c4cccc5ccc(F)c(Cl)c45)c(F)cc23)[C@@H](C)C1. The van der Waals surface area contributed by atoms with E-state index in [1.165, 1.54) is 23.1 Å². The summed E-state index contributed by atoms with van der Waals surface area (Å²) < 4.78 is 81.7. The van der Waals surface area contributed by atoms with E-state index in [9.17, 15) is 18.0 Å². The van der Waals surface area contributed by atoms with E-state index in [-0.39, 0.29) is 64.9 Å². The number of benzene rings is 3. The minimum Gasteiger partial charge on any atom is -0.461 e. The van der Waals surface area contributed by atoms with Crippen LogP contribution >= 0.6 is 11.6 Å². The molecule has 3 saturated heterocycles. The monoisotopic (exact) mass is 671 g/mol. The first kappa shape index (κ1) is 31.6. The minimum atomic E-state index is -1.08. The molecule has 3 aliphatic rings. The number of amides is 1. The fourth-order valence-corrected chi connectivity index (χ4v) is 7.76. The second kappa shape index (κ2) is 11.9. The molecule has 0 spiro atoms. The Balaban J connectivity index is 1.36. The maximum absolute atomic E-state index is 16.8. The lowest BCUT2D eigenvalue weighted by Crippen LogP contribution is -2.54. The van der Waals surface area contributed by atoms with Gasteiger partial charge >= 0.3 is 6.01 Å². The number of anilines is 1. The highest BCUT2D eigenvalue weighted by Gasteiger charge is 2.49. The van der Waals surface area contributed by atoms with Crippen molar-refractivity contribution in [3.63, 3.8) is 0 Å². The second-order valence-corrected chi connectivity index (χ2v) is 13.0. The van der Waals surface area contributed by atoms with Gasteiger partial charge in [0.25, 0.3) is 5.91 Å². The number of piperazine rings is 1. The van der Waals surface area contributed by atoms with Crippen molar-refractivity contribution >= 4 is 45.0 Å². The number of rotatable bonds is 6. The van der Waals surface area contributed by atoms with Gasteiger partial charge in [-0.1, -0.05) is 42.4 Å². The number of halogens is 6. The molecule has 0 unspecified atom stereocenters. The van der Waals surface area contributed by atoms with Crippen LogP contribution in [0.15, 0.2) is 48.8 Å². The van der Waals surface area contributed by atoms with Gasteiger partial charge in [0.2, 0.25) is 0 Å². The third-order valence-corrected chi connectivity index (χ3v) is 10.1. The fraction of sp³-hybridized carbons (Fsp3) is 0.382. The van der Waals surface area contributed by atoms with Gasteiger partial charge in [-0.25, -0.2) is 22.0 Å². The van der Waals surface area contributed by atoms with E-state index in [4.69, 9.17) is 16.3 Å². The largest absolute Gasteiger partial charge is 0.461 e. The molecule has 0 bridgehead atoms. The molecule has 246 valence electrons. The van der Waals surface area contributed by atoms with Crippen LogP contribution in [0.1, 0.15) is 26.2 Å². The van der Waals surface area contributed by atoms with Crippen molar-refractivity contribution in [1.82, 2.24) is 19.8 Å². The van der Waals surface area contributed by atoms with Gasteiger partial charge in [0.1, 0.15) is 35.7 Å². The highest BCUT2D eigenvalue weighted by Crippen LogP contribution is 2.43. The minimum absolute atomic E-state index is 0.0407. The first-order chi connectivity index (χ1) is 22.5. The summed E-state index contributed by atoms with van der Waals surface area (Å²) in [4.78, 5) is 26.5. The number of ether oxygens (including phenoxy) is 1. The lowest BCUT2D eigenvalue weighted by atomic mass is 9.95. The summed E-state index contributed by atoms with van der Waals surface area (Å²) in [6.07, 6.45) is 0.912. The average Bonchev–Trinajstić information content (AvgIpc) is 3.57. The molecule has 4 heterocycles. The van der Waals surface area contributed by atoms with Gasteiger partial charge in [-0.15, -0.1) is 0 Å². The van der Waals surface area contributed by atoms with Crippen molar-refractivity contribution in [3.8, 4) is 17.1 Å². The van der Waals surface area contributed by atoms with Crippen molar-refractivity contribution < 1.29 is 31.5 Å². The highest BCUT2D eigenvalue weighted by atomic mass is 35.5. The van der Waals surface area contributed by atoms with Crippen LogP contribution in [-0.2, 0) is 4.79 Å². The van der Waals surface area contributed by atoms with Crippen LogP contribution in [0.2, 0.25) is 5.02 Å². The van der Waals surface area contributed by atoms with E-state index in [0.717, 1.165) is 25.5 Å². The Morgan fingerprint density at radius 2 is 1.91 bits per heavy atom. The van der Waals surface area contributed by atoms with Crippen molar-refractivity contribution in [1.29, 1.82) is 0 Å². The van der Waals surface area contributed by atoms with Crippen LogP contribution in [-0.4, -0.2) is 82.8 Å². The van der Waals surface area contributed by atoms with Crippen molar-refractivity contribution in [2.24, 2.45) is 0 Å². The fourth-order valence-electron chi connectivity index (χ4n) is 7.48. The van der Waals surface area contributed by atoms with Crippen LogP contribution in [0.25, 0.3) is 32.8 Å². The maximum atomic E-state index is 16.8. The molecular weight excluding hydrogens is 641 g/mol. The molecule has 0 radical (unpaired) electrons. The summed E-state index contributed by atoms with van der Waals surface area (Å²) in [6.45, 7) is 6.36. The Morgan fingerprint density at radius 1 is 1.11 bits per heavy atom. The number of hydrogen-bond acceptors (Lipinski definition) is 6. The molecule has 0 aliphatic carbocycles. The number of hydrogen-bond donors (Lipinski definition) is 0. The number of aromatic nitrogens is 2. The molecule has 3 aromatic carbocycles. The topological polar surface area (TPSA) is 61.8 Å². The van der Waals surface area contributed by atoms with Crippen LogP contribution in [0, 0.1) is 17.5 Å². The molecule has 0 saturated carbocycles. The zero-order chi connectivity index (χ0) is 33.2. The van der Waals surface area contributed by atoms with Crippen molar-refractivity contribution in [3.05, 3.63) is 71.3 Å². The molecule has 13 heteroatoms. The van der Waals surface area contributed by atoms with Gasteiger partial charge < -0.3 is 14.5 Å². The third-order valence-electron chi connectivity index (χ3n) is 9.70. The zero-order valence-corrected chi connectivity index (χ0v) is 26.3. The molecule has 7 nitrogen and oxygen atoms in total. The van der Waals surface area contributed by atoms with Gasteiger partial charge in [0.15, 0.2) is 11.6 Å². The first-order valence-corrected chi connectivity index (χ1v) is 15.8. The van der Waals surface area contributed by atoms with Gasteiger partial charge in [-0.05, 0) is 49.4 Å². The van der Waals surface area contributed by atoms with Crippen molar-refractivity contribution in [2.75, 3.05) is 44.2 Å². The van der Waals surface area contributed by atoms with E-state index in [1.807, 2.05) is 0 Å². The Kier molecular flexibility index (Phi) is 7.99. The van der Waals surface area contributed by atoms with Crippen molar-refractivity contribution in [2.45, 2.75) is 43.9 Å². The Hall–Kier alpha value is -4.03. The van der Waals surface area contributed by atoms with E-state index in [1.54, 1.807) is 24.0 Å². The molecule has 3 fully saturated rings. The number of nitrogens with zero attached hydrogens (tertiary/aromatic N) is 5. The molecule has 3 aliphatic heterocycles. The average molecular weight is 672 g/mol. The van der Waals surface area contributed by atoms with Gasteiger partial charge in [-0.3, -0.25) is 9.69 Å². The molecule has 47 heavy (non-hydrogen) atoms. The molecule has 3 atom stereocenters. The Morgan fingerprint density at radius 3 is 2.68 bits per heavy atom. The quantitative estimate of drug-likeness (QED) is 0.163. The summed E-state index contributed by atoms with van der Waals surface area (Å²) >= 11 is 6.32. The first-order valence-electron chi connectivity index (χ1n) is 15.5. The number of fused-ring (bicyclic) bond motifs is 3. The number of carbonyl (C=O) groups excluding carboxylic acids is 1. The van der Waals surface area contributed by atoms with E-state index < -0.39 is 52.5 Å². The summed E-state index contributed by atoms with van der Waals surface area (Å²) in [5.41, 5.74) is -1.20. The van der Waals surface area contributed by atoms with Crippen LogP contribution in [0.5, 0.6) is 6.01 Å². The highest BCUT2D eigenvalue weighted by molar-refractivity contribution is 6.37. The third kappa shape index (κ3) is 5.35. The van der Waals surface area contributed by atoms with E-state index in [0.29, 0.717) is 18.4 Å². The van der Waals surface area contributed by atoms with Crippen LogP contribution in [0.3, 0.4) is 0 Å². The molecule has 1 amide bonds. The molecule has 1 aromatic heterocycles. The Bertz CT molecular complexity index is 1950. The molecule has 4 aromatic rings. The summed E-state index contributed by atoms with van der Waals surface area (Å²) in [5.74, 6) is -4.46. The lowest BCUT2D eigenvalue weighted by molar-refractivity contribution is -0.129. The number of carbonyl (C=O) groups is 1. The zero-order valence-electron chi connectivity index (χ0n) is 25.5. The van der Waals surface area contributed by atoms with Crippen LogP contribution < -0.4 is 9.64 Å². The van der Waals surface area contributed by atoms with Crippen LogP contribution in [0.4, 0.5) is 27.8 Å². The maximum Gasteiger partial charge on any atom is 0.319 e. The van der Waals surface area contributed by atoms with E-state index in [2.05, 4.69) is 21.4 Å². The smallest absolute Gasteiger partial charge is 0.319 e. The predicted octanol–water partition coefficient (Wildman–Crippen LogP) is 7.00. The predicted molar refractivity (Wildman–Crippen MR) is 170 cm³/mol. The standard InChI is InChI=1S/C34H31ClF5N5O2/c1-18-15-43(32(46)19(2)36)11-12-45(18)31-23-13-25(39)27(22-6-3-5-20-7-8-24(38)28(35)26(20)22)29(40)30(23)41-33(42-31)47-17-34-9-4-10-44(34)16-21(37)14-34/h3,5-8,13,18,21H,2,4,9-12,14-17H2,1H3/t18-,21+,34-/m0/s1. The normalized spacial score (nSPS) is 23.1. The van der Waals surface area contributed by atoms with Gasteiger partial charge in [0, 0.05) is 49.4 Å². The number of alkyl halides is 1. The molecule has 0 N–H and O–H groups in total. The summed E-state index contributed by atoms with van der Waals surface area (Å²) in [7, 11) is 0. The summed E-state index contributed by atoms with van der Waals surface area (Å²) in [6, 6.07) is 7.86. The van der Waals surface area contributed by atoms with Gasteiger partial charge in [-0.2, -0.15) is 9.97 Å². The molecular formula is C34H31ClF5N5O2. The summed E-state index contributed by atoms with van der Waals surface area (Å²) in [5, 5.41) is 0.397. The lowest BCUT2D eigenvalue weighted by Gasteiger charge is -2.40. The Labute approximate surface area is 272 Å². The molecule has 7 rings (SSSR count). The second-order valence-electron chi connectivity index (χ2n) is 12.6. The van der Waals surface area contributed by atoms with E-state index >= 15 is 8.78 Å². The van der Waals surface area contributed by atoms with Gasteiger partial charge in [0.05, 0.1) is 16.1 Å².